The van der Waals surface area contributed by atoms with E-state index in [9.17, 15) is 4.79 Å². The van der Waals surface area contributed by atoms with Crippen LogP contribution in [0.15, 0.2) is 35.0 Å². The molecule has 0 radical (unpaired) electrons. The number of carbonyl (C=O) groups is 1. The molecule has 1 aromatic carbocycles. The molecule has 0 saturated carbocycles. The molecule has 1 amide bonds. The van der Waals surface area contributed by atoms with Gasteiger partial charge in [0.15, 0.2) is 0 Å². The molecular weight excluding hydrogens is 362 g/mol. The van der Waals surface area contributed by atoms with Crippen LogP contribution in [0.2, 0.25) is 0 Å². The number of nitrogens with one attached hydrogen (secondary N) is 2. The summed E-state index contributed by atoms with van der Waals surface area (Å²) >= 11 is 0. The maximum absolute atomic E-state index is 12.9. The Morgan fingerprint density at radius 2 is 2.00 bits per heavy atom. The topological polar surface area (TPSA) is 103 Å². The average Bonchev–Trinajstić information content (AvgIpc) is 3.25. The number of ether oxygens (including phenoxy) is 2. The van der Waals surface area contributed by atoms with Gasteiger partial charge in [0.1, 0.15) is 28.6 Å². The minimum Gasteiger partial charge on any atom is -0.497 e. The van der Waals surface area contributed by atoms with Crippen molar-refractivity contribution in [3.05, 3.63) is 41.8 Å². The first-order chi connectivity index (χ1) is 13.5. The van der Waals surface area contributed by atoms with Crippen molar-refractivity contribution in [3.8, 4) is 17.0 Å². The molecule has 0 spiro atoms. The first-order valence-electron chi connectivity index (χ1n) is 8.72. The zero-order chi connectivity index (χ0) is 20.1. The fraction of sp³-hybridized carbons (Fsp3) is 0.316. The Labute approximate surface area is 162 Å². The van der Waals surface area contributed by atoms with E-state index in [1.165, 1.54) is 0 Å². The van der Waals surface area contributed by atoms with Crippen LogP contribution in [0.5, 0.6) is 5.75 Å². The molecule has 3 aromatic rings. The Bertz CT molecular complexity index is 946. The summed E-state index contributed by atoms with van der Waals surface area (Å²) in [6.45, 7) is 2.83. The number of amides is 1. The molecule has 2 N–H and O–H groups in total. The number of rotatable bonds is 8. The highest BCUT2D eigenvalue weighted by Gasteiger charge is 2.25. The maximum atomic E-state index is 12.9. The van der Waals surface area contributed by atoms with Crippen LogP contribution in [0.1, 0.15) is 16.1 Å². The molecule has 2 heterocycles. The first kappa shape index (κ1) is 19.4. The lowest BCUT2D eigenvalue weighted by atomic mass is 10.1. The highest BCUT2D eigenvalue weighted by molar-refractivity contribution is 6.09. The third kappa shape index (κ3) is 3.99. The minimum absolute atomic E-state index is 0.314. The predicted molar refractivity (Wildman–Crippen MR) is 105 cm³/mol. The molecule has 0 fully saturated rings. The molecule has 0 aliphatic rings. The third-order valence-corrected chi connectivity index (χ3v) is 4.23. The lowest BCUT2D eigenvalue weighted by Crippen LogP contribution is -2.14. The van der Waals surface area contributed by atoms with Gasteiger partial charge in [-0.3, -0.25) is 9.48 Å². The van der Waals surface area contributed by atoms with E-state index < -0.39 is 0 Å². The maximum Gasteiger partial charge on any atom is 0.261 e. The lowest BCUT2D eigenvalue weighted by molar-refractivity contribution is 0.102. The Hall–Kier alpha value is -3.33. The van der Waals surface area contributed by atoms with Gasteiger partial charge in [-0.05, 0) is 31.2 Å². The van der Waals surface area contributed by atoms with Gasteiger partial charge in [-0.15, -0.1) is 0 Å². The van der Waals surface area contributed by atoms with Crippen molar-refractivity contribution >= 4 is 17.4 Å². The number of hydrogen-bond donors (Lipinski definition) is 2. The van der Waals surface area contributed by atoms with E-state index in [1.807, 2.05) is 7.05 Å². The summed E-state index contributed by atoms with van der Waals surface area (Å²) in [6.07, 6.45) is 1.65. The van der Waals surface area contributed by atoms with E-state index in [2.05, 4.69) is 20.9 Å². The molecule has 3 rings (SSSR count). The Kier molecular flexibility index (Phi) is 5.95. The van der Waals surface area contributed by atoms with E-state index in [0.717, 1.165) is 5.82 Å². The van der Waals surface area contributed by atoms with Crippen LogP contribution in [-0.4, -0.2) is 48.2 Å². The molecule has 0 bridgehead atoms. The van der Waals surface area contributed by atoms with Crippen molar-refractivity contribution in [2.24, 2.45) is 7.05 Å². The summed E-state index contributed by atoms with van der Waals surface area (Å²) < 4.78 is 17.2. The largest absolute Gasteiger partial charge is 0.497 e. The second kappa shape index (κ2) is 8.57. The standard InChI is InChI=1S/C19H23N5O4/c1-12-16(19(25)22-13-5-7-14(27-4)8-6-13)17(23-28-12)15-11-21-24(2)18(15)20-9-10-26-3/h5-8,11,20H,9-10H2,1-4H3,(H,22,25). The fourth-order valence-corrected chi connectivity index (χ4v) is 2.78. The molecule has 2 aromatic heterocycles. The second-order valence-corrected chi connectivity index (χ2v) is 6.10. The van der Waals surface area contributed by atoms with Crippen LogP contribution in [0.25, 0.3) is 11.3 Å². The van der Waals surface area contributed by atoms with Crippen LogP contribution in [0.3, 0.4) is 0 Å². The molecule has 9 heteroatoms. The Balaban J connectivity index is 1.88. The van der Waals surface area contributed by atoms with Crippen LogP contribution < -0.4 is 15.4 Å². The number of benzene rings is 1. The zero-order valence-electron chi connectivity index (χ0n) is 16.3. The number of aryl methyl sites for hydroxylation is 2. The monoisotopic (exact) mass is 385 g/mol. The van der Waals surface area contributed by atoms with Crippen LogP contribution in [0.4, 0.5) is 11.5 Å². The van der Waals surface area contributed by atoms with E-state index in [0.29, 0.717) is 47.2 Å². The summed E-state index contributed by atoms with van der Waals surface area (Å²) in [5, 5.41) is 14.5. The number of carbonyl (C=O) groups excluding carboxylic acids is 1. The number of aromatic nitrogens is 3. The normalized spacial score (nSPS) is 10.7. The van der Waals surface area contributed by atoms with Gasteiger partial charge >= 0.3 is 0 Å². The van der Waals surface area contributed by atoms with Crippen LogP contribution >= 0.6 is 0 Å². The molecule has 28 heavy (non-hydrogen) atoms. The SMILES string of the molecule is COCCNc1c(-c2noc(C)c2C(=O)Nc2ccc(OC)cc2)cnn1C. The highest BCUT2D eigenvalue weighted by Crippen LogP contribution is 2.31. The van der Waals surface area contributed by atoms with Gasteiger partial charge in [0.2, 0.25) is 0 Å². The average molecular weight is 385 g/mol. The van der Waals surface area contributed by atoms with Gasteiger partial charge < -0.3 is 24.6 Å². The van der Waals surface area contributed by atoms with Gasteiger partial charge in [0, 0.05) is 26.4 Å². The molecule has 9 nitrogen and oxygen atoms in total. The lowest BCUT2D eigenvalue weighted by Gasteiger charge is -2.09. The Morgan fingerprint density at radius 3 is 2.68 bits per heavy atom. The third-order valence-electron chi connectivity index (χ3n) is 4.23. The van der Waals surface area contributed by atoms with E-state index >= 15 is 0 Å². The summed E-state index contributed by atoms with van der Waals surface area (Å²) in [7, 11) is 5.03. The van der Waals surface area contributed by atoms with Crippen LogP contribution in [-0.2, 0) is 11.8 Å². The van der Waals surface area contributed by atoms with E-state index in [4.69, 9.17) is 14.0 Å². The number of nitrogens with zero attached hydrogens (tertiary/aromatic N) is 3. The quantitative estimate of drug-likeness (QED) is 0.575. The summed E-state index contributed by atoms with van der Waals surface area (Å²) in [5.74, 6) is 1.55. The van der Waals surface area contributed by atoms with Gasteiger partial charge in [-0.25, -0.2) is 0 Å². The van der Waals surface area contributed by atoms with Gasteiger partial charge in [-0.2, -0.15) is 5.10 Å². The van der Waals surface area contributed by atoms with Crippen molar-refractivity contribution < 1.29 is 18.8 Å². The summed E-state index contributed by atoms with van der Waals surface area (Å²) in [4.78, 5) is 12.9. The van der Waals surface area contributed by atoms with Gasteiger partial charge in [-0.1, -0.05) is 5.16 Å². The summed E-state index contributed by atoms with van der Waals surface area (Å²) in [5.41, 5.74) is 2.10. The van der Waals surface area contributed by atoms with Gasteiger partial charge in [0.05, 0.1) is 25.5 Å². The molecule has 0 unspecified atom stereocenters. The first-order valence-corrected chi connectivity index (χ1v) is 8.72. The second-order valence-electron chi connectivity index (χ2n) is 6.10. The predicted octanol–water partition coefficient (Wildman–Crippen LogP) is 2.70. The molecule has 0 aliphatic carbocycles. The van der Waals surface area contributed by atoms with Crippen molar-refractivity contribution in [1.29, 1.82) is 0 Å². The summed E-state index contributed by atoms with van der Waals surface area (Å²) in [6, 6.07) is 7.08. The number of anilines is 2. The molecule has 148 valence electrons. The van der Waals surface area contributed by atoms with Crippen molar-refractivity contribution in [2.45, 2.75) is 6.92 Å². The van der Waals surface area contributed by atoms with E-state index in [-0.39, 0.29) is 5.91 Å². The van der Waals surface area contributed by atoms with Crippen molar-refractivity contribution in [1.82, 2.24) is 14.9 Å². The Morgan fingerprint density at radius 1 is 1.25 bits per heavy atom. The van der Waals surface area contributed by atoms with Gasteiger partial charge in [0.25, 0.3) is 5.91 Å². The highest BCUT2D eigenvalue weighted by atomic mass is 16.5. The minimum atomic E-state index is -0.314. The van der Waals surface area contributed by atoms with E-state index in [1.54, 1.807) is 56.3 Å². The van der Waals surface area contributed by atoms with Crippen LogP contribution in [0, 0.1) is 6.92 Å². The molecular formula is C19H23N5O4. The number of hydrogen-bond acceptors (Lipinski definition) is 7. The number of methoxy groups -OCH3 is 2. The molecule has 0 aliphatic heterocycles. The smallest absolute Gasteiger partial charge is 0.261 e. The van der Waals surface area contributed by atoms with Crippen molar-refractivity contribution in [2.75, 3.05) is 38.0 Å². The molecule has 0 atom stereocenters. The fourth-order valence-electron chi connectivity index (χ4n) is 2.78. The zero-order valence-corrected chi connectivity index (χ0v) is 16.3. The van der Waals surface area contributed by atoms with Crippen molar-refractivity contribution in [3.63, 3.8) is 0 Å². The molecule has 0 saturated heterocycles.